The summed E-state index contributed by atoms with van der Waals surface area (Å²) in [7, 11) is 0. The number of carbonyl (C=O) groups excluding carboxylic acids is 1. The summed E-state index contributed by atoms with van der Waals surface area (Å²) in [5.74, 6) is 0. The minimum Gasteiger partial charge on any atom is -0.398 e. The molecule has 0 spiro atoms. The normalized spacial score (nSPS) is 10.8. The van der Waals surface area contributed by atoms with Crippen molar-refractivity contribution in [2.24, 2.45) is 0 Å². The Morgan fingerprint density at radius 2 is 1.92 bits per heavy atom. The van der Waals surface area contributed by atoms with Crippen molar-refractivity contribution >= 4 is 23.0 Å². The summed E-state index contributed by atoms with van der Waals surface area (Å²) < 4.78 is 1.65. The number of aromatic nitrogens is 4. The molecule has 4 aromatic rings. The van der Waals surface area contributed by atoms with E-state index in [1.165, 1.54) is 0 Å². The molecule has 2 heterocycles. The Bertz CT molecular complexity index is 1030. The molecule has 2 N–H and O–H groups in total. The first-order valence-corrected chi connectivity index (χ1v) is 7.38. The second-order valence-electron chi connectivity index (χ2n) is 5.32. The fourth-order valence-corrected chi connectivity index (χ4v) is 2.74. The van der Waals surface area contributed by atoms with Crippen molar-refractivity contribution in [2.75, 3.05) is 5.73 Å². The topological polar surface area (TPSA) is 86.7 Å². The van der Waals surface area contributed by atoms with Crippen molar-refractivity contribution in [1.82, 2.24) is 20.0 Å². The number of pyridine rings is 1. The van der Waals surface area contributed by atoms with E-state index in [1.54, 1.807) is 17.1 Å². The van der Waals surface area contributed by atoms with Crippen molar-refractivity contribution in [3.63, 3.8) is 0 Å². The zero-order valence-corrected chi connectivity index (χ0v) is 12.6. The van der Waals surface area contributed by atoms with Gasteiger partial charge in [0.1, 0.15) is 5.52 Å². The molecule has 0 fully saturated rings. The Morgan fingerprint density at radius 3 is 2.62 bits per heavy atom. The summed E-state index contributed by atoms with van der Waals surface area (Å²) in [6.45, 7) is 0. The highest BCUT2D eigenvalue weighted by Crippen LogP contribution is 2.33. The molecule has 0 amide bonds. The maximum Gasteiger partial charge on any atom is 0.154 e. The number of nitrogens with two attached hydrogens (primary N) is 1. The SMILES string of the molecule is Nc1c(-c2ccccc2)cc2c(nnn2-c2cccnc2)c1C=O. The van der Waals surface area contributed by atoms with Gasteiger partial charge in [0.15, 0.2) is 6.29 Å². The van der Waals surface area contributed by atoms with Crippen LogP contribution >= 0.6 is 0 Å². The lowest BCUT2D eigenvalue weighted by Crippen LogP contribution is -2.00. The number of nitrogen functional groups attached to an aromatic ring is 1. The van der Waals surface area contributed by atoms with E-state index in [0.717, 1.165) is 23.1 Å². The second-order valence-corrected chi connectivity index (χ2v) is 5.32. The summed E-state index contributed by atoms with van der Waals surface area (Å²) in [5.41, 5.74) is 10.6. The van der Waals surface area contributed by atoms with E-state index in [-0.39, 0.29) is 0 Å². The van der Waals surface area contributed by atoms with Crippen molar-refractivity contribution < 1.29 is 4.79 Å². The van der Waals surface area contributed by atoms with Gasteiger partial charge in [-0.05, 0) is 23.8 Å². The predicted octanol–water partition coefficient (Wildman–Crippen LogP) is 2.88. The number of nitrogens with zero attached hydrogens (tertiary/aromatic N) is 4. The van der Waals surface area contributed by atoms with Gasteiger partial charge in [0.25, 0.3) is 0 Å². The van der Waals surface area contributed by atoms with Crippen LogP contribution in [0.5, 0.6) is 0 Å². The lowest BCUT2D eigenvalue weighted by atomic mass is 9.99. The molecule has 0 atom stereocenters. The molecule has 0 unspecified atom stereocenters. The molecule has 0 aliphatic carbocycles. The Kier molecular flexibility index (Phi) is 3.28. The summed E-state index contributed by atoms with van der Waals surface area (Å²) in [6, 6.07) is 15.3. The van der Waals surface area contributed by atoms with Gasteiger partial charge in [0, 0.05) is 11.8 Å². The van der Waals surface area contributed by atoms with Gasteiger partial charge >= 0.3 is 0 Å². The van der Waals surface area contributed by atoms with Gasteiger partial charge in [-0.15, -0.1) is 5.10 Å². The Labute approximate surface area is 137 Å². The average Bonchev–Trinajstić information content (AvgIpc) is 3.06. The number of carbonyl (C=O) groups is 1. The zero-order valence-electron chi connectivity index (χ0n) is 12.6. The fraction of sp³-hybridized carbons (Fsp3) is 0. The van der Waals surface area contributed by atoms with Crippen LogP contribution in [0.3, 0.4) is 0 Å². The Hall–Kier alpha value is -3.54. The van der Waals surface area contributed by atoms with E-state index in [4.69, 9.17) is 5.73 Å². The average molecular weight is 315 g/mol. The molecule has 2 aromatic carbocycles. The van der Waals surface area contributed by atoms with Crippen LogP contribution in [0.4, 0.5) is 5.69 Å². The molecule has 4 rings (SSSR count). The van der Waals surface area contributed by atoms with Crippen LogP contribution in [0, 0.1) is 0 Å². The smallest absolute Gasteiger partial charge is 0.154 e. The van der Waals surface area contributed by atoms with E-state index in [0.29, 0.717) is 22.3 Å². The number of aldehydes is 1. The summed E-state index contributed by atoms with van der Waals surface area (Å²) >= 11 is 0. The van der Waals surface area contributed by atoms with Gasteiger partial charge in [-0.2, -0.15) is 0 Å². The van der Waals surface area contributed by atoms with E-state index >= 15 is 0 Å². The number of hydrogen-bond acceptors (Lipinski definition) is 5. The number of benzene rings is 2. The molecule has 6 nitrogen and oxygen atoms in total. The zero-order chi connectivity index (χ0) is 16.5. The number of anilines is 1. The molecule has 0 aliphatic heterocycles. The van der Waals surface area contributed by atoms with Crippen LogP contribution in [0.2, 0.25) is 0 Å². The summed E-state index contributed by atoms with van der Waals surface area (Å²) in [5, 5.41) is 8.30. The fourth-order valence-electron chi connectivity index (χ4n) is 2.74. The third kappa shape index (κ3) is 2.13. The van der Waals surface area contributed by atoms with Crippen molar-refractivity contribution in [3.8, 4) is 16.8 Å². The van der Waals surface area contributed by atoms with E-state index in [2.05, 4.69) is 15.3 Å². The van der Waals surface area contributed by atoms with Crippen molar-refractivity contribution in [1.29, 1.82) is 0 Å². The van der Waals surface area contributed by atoms with Gasteiger partial charge in [-0.1, -0.05) is 35.5 Å². The van der Waals surface area contributed by atoms with E-state index in [1.807, 2.05) is 48.5 Å². The molecule has 0 aliphatic rings. The molecule has 2 aromatic heterocycles. The number of hydrogen-bond donors (Lipinski definition) is 1. The Balaban J connectivity index is 2.05. The maximum absolute atomic E-state index is 11.6. The minimum atomic E-state index is 0.349. The van der Waals surface area contributed by atoms with E-state index in [9.17, 15) is 4.79 Å². The highest BCUT2D eigenvalue weighted by Gasteiger charge is 2.17. The van der Waals surface area contributed by atoms with Crippen LogP contribution in [-0.2, 0) is 0 Å². The highest BCUT2D eigenvalue weighted by molar-refractivity contribution is 6.05. The molecular formula is C18H13N5O. The highest BCUT2D eigenvalue weighted by atomic mass is 16.1. The molecule has 116 valence electrons. The third-order valence-electron chi connectivity index (χ3n) is 3.91. The van der Waals surface area contributed by atoms with Crippen LogP contribution in [0.1, 0.15) is 10.4 Å². The lowest BCUT2D eigenvalue weighted by molar-refractivity contribution is 0.112. The molecule has 0 saturated carbocycles. The third-order valence-corrected chi connectivity index (χ3v) is 3.91. The standard InChI is InChI=1S/C18H13N5O/c19-17-14(12-5-2-1-3-6-12)9-16-18(15(17)11-24)21-22-23(16)13-7-4-8-20-10-13/h1-11H,19H2. The minimum absolute atomic E-state index is 0.349. The van der Waals surface area contributed by atoms with Gasteiger partial charge in [-0.3, -0.25) is 9.78 Å². The van der Waals surface area contributed by atoms with Crippen LogP contribution in [-0.4, -0.2) is 26.3 Å². The molecule has 0 radical (unpaired) electrons. The van der Waals surface area contributed by atoms with Crippen LogP contribution < -0.4 is 5.73 Å². The Morgan fingerprint density at radius 1 is 1.08 bits per heavy atom. The summed E-state index contributed by atoms with van der Waals surface area (Å²) in [6.07, 6.45) is 4.10. The molecule has 0 bridgehead atoms. The monoisotopic (exact) mass is 315 g/mol. The predicted molar refractivity (Wildman–Crippen MR) is 91.9 cm³/mol. The molecule has 0 saturated heterocycles. The number of fused-ring (bicyclic) bond motifs is 1. The largest absolute Gasteiger partial charge is 0.398 e. The molecule has 24 heavy (non-hydrogen) atoms. The lowest BCUT2D eigenvalue weighted by Gasteiger charge is -2.10. The maximum atomic E-state index is 11.6. The van der Waals surface area contributed by atoms with Crippen LogP contribution in [0.15, 0.2) is 60.9 Å². The quantitative estimate of drug-likeness (QED) is 0.464. The first kappa shape index (κ1) is 14.1. The van der Waals surface area contributed by atoms with Gasteiger partial charge in [0.05, 0.1) is 28.7 Å². The van der Waals surface area contributed by atoms with Crippen molar-refractivity contribution in [2.45, 2.75) is 0 Å². The first-order valence-electron chi connectivity index (χ1n) is 7.38. The second kappa shape index (κ2) is 5.58. The molecule has 6 heteroatoms. The van der Waals surface area contributed by atoms with Crippen LogP contribution in [0.25, 0.3) is 27.8 Å². The van der Waals surface area contributed by atoms with Gasteiger partial charge < -0.3 is 5.73 Å². The van der Waals surface area contributed by atoms with E-state index < -0.39 is 0 Å². The van der Waals surface area contributed by atoms with Gasteiger partial charge in [0.2, 0.25) is 0 Å². The first-order chi connectivity index (χ1) is 11.8. The van der Waals surface area contributed by atoms with Gasteiger partial charge in [-0.25, -0.2) is 4.68 Å². The molecular weight excluding hydrogens is 302 g/mol. The number of rotatable bonds is 3. The van der Waals surface area contributed by atoms with Crippen molar-refractivity contribution in [3.05, 3.63) is 66.5 Å². The summed E-state index contributed by atoms with van der Waals surface area (Å²) in [4.78, 5) is 15.7.